The molecule has 0 amide bonds. The van der Waals surface area contributed by atoms with E-state index in [4.69, 9.17) is 0 Å². The van der Waals surface area contributed by atoms with Gasteiger partial charge in [-0.25, -0.2) is 0 Å². The zero-order valence-electron chi connectivity index (χ0n) is 9.61. The molecule has 0 spiro atoms. The minimum Gasteiger partial charge on any atom is -0.508 e. The molecule has 0 heterocycles. The molecule has 2 atom stereocenters. The third kappa shape index (κ3) is 2.20. The van der Waals surface area contributed by atoms with E-state index in [1.54, 1.807) is 6.07 Å². The number of phenols is 1. The Morgan fingerprint density at radius 1 is 1.38 bits per heavy atom. The molecular weight excluding hydrogens is 202 g/mol. The first-order chi connectivity index (χ1) is 7.72. The Hall–Kier alpha value is -1.06. The van der Waals surface area contributed by atoms with E-state index in [2.05, 4.69) is 12.2 Å². The molecule has 0 bridgehead atoms. The van der Waals surface area contributed by atoms with Crippen molar-refractivity contribution in [2.24, 2.45) is 0 Å². The molecule has 3 N–H and O–H groups in total. The van der Waals surface area contributed by atoms with Gasteiger partial charge in [-0.05, 0) is 36.6 Å². The zero-order chi connectivity index (χ0) is 11.5. The average Bonchev–Trinajstić information content (AvgIpc) is 2.28. The summed E-state index contributed by atoms with van der Waals surface area (Å²) >= 11 is 0. The van der Waals surface area contributed by atoms with E-state index in [1.165, 1.54) is 0 Å². The summed E-state index contributed by atoms with van der Waals surface area (Å²) in [5, 5.41) is 23.0. The highest BCUT2D eigenvalue weighted by Crippen LogP contribution is 2.28. The van der Waals surface area contributed by atoms with E-state index >= 15 is 0 Å². The lowest BCUT2D eigenvalue weighted by molar-refractivity contribution is 0.118. The van der Waals surface area contributed by atoms with Crippen molar-refractivity contribution in [3.8, 4) is 5.75 Å². The molecule has 2 unspecified atom stereocenters. The molecule has 1 aliphatic carbocycles. The quantitative estimate of drug-likeness (QED) is 0.719. The second-order valence-electron chi connectivity index (χ2n) is 4.45. The molecule has 1 aliphatic rings. The minimum atomic E-state index is -0.396. The highest BCUT2D eigenvalue weighted by atomic mass is 16.3. The second kappa shape index (κ2) is 4.85. The Morgan fingerprint density at radius 2 is 2.19 bits per heavy atom. The summed E-state index contributed by atoms with van der Waals surface area (Å²) in [5.74, 6) is 0.311. The van der Waals surface area contributed by atoms with Gasteiger partial charge in [-0.3, -0.25) is 0 Å². The molecule has 0 saturated heterocycles. The van der Waals surface area contributed by atoms with E-state index in [0.717, 1.165) is 30.5 Å². The van der Waals surface area contributed by atoms with Gasteiger partial charge in [-0.1, -0.05) is 19.1 Å². The molecule has 16 heavy (non-hydrogen) atoms. The zero-order valence-corrected chi connectivity index (χ0v) is 9.61. The van der Waals surface area contributed by atoms with Crippen LogP contribution in [0.2, 0.25) is 0 Å². The van der Waals surface area contributed by atoms with Crippen molar-refractivity contribution in [3.05, 3.63) is 29.3 Å². The van der Waals surface area contributed by atoms with Crippen LogP contribution in [-0.4, -0.2) is 28.9 Å². The number of hydrogen-bond donors (Lipinski definition) is 3. The number of aliphatic hydroxyl groups is 1. The predicted molar refractivity (Wildman–Crippen MR) is 63.6 cm³/mol. The van der Waals surface area contributed by atoms with E-state index < -0.39 is 6.10 Å². The minimum absolute atomic E-state index is 0.120. The van der Waals surface area contributed by atoms with Crippen LogP contribution < -0.4 is 5.32 Å². The topological polar surface area (TPSA) is 52.5 Å². The molecule has 1 aromatic rings. The van der Waals surface area contributed by atoms with Crippen molar-refractivity contribution < 1.29 is 10.2 Å². The van der Waals surface area contributed by atoms with Gasteiger partial charge < -0.3 is 15.5 Å². The Balaban J connectivity index is 2.15. The highest BCUT2D eigenvalue weighted by molar-refractivity contribution is 5.42. The lowest BCUT2D eigenvalue weighted by Gasteiger charge is -2.30. The summed E-state index contributed by atoms with van der Waals surface area (Å²) in [6.07, 6.45) is 2.01. The molecule has 0 saturated carbocycles. The normalized spacial score (nSPS) is 24.1. The molecule has 1 aromatic carbocycles. The summed E-state index contributed by atoms with van der Waals surface area (Å²) < 4.78 is 0. The number of aliphatic hydroxyl groups excluding tert-OH is 1. The lowest BCUT2D eigenvalue weighted by atomic mass is 9.85. The van der Waals surface area contributed by atoms with Crippen LogP contribution in [0.3, 0.4) is 0 Å². The molecule has 2 rings (SSSR count). The van der Waals surface area contributed by atoms with Crippen LogP contribution in [0.5, 0.6) is 5.75 Å². The Kier molecular flexibility index (Phi) is 3.46. The van der Waals surface area contributed by atoms with Gasteiger partial charge in [0.2, 0.25) is 0 Å². The van der Waals surface area contributed by atoms with Crippen molar-refractivity contribution in [1.82, 2.24) is 5.32 Å². The van der Waals surface area contributed by atoms with Crippen LogP contribution in [0.15, 0.2) is 18.2 Å². The standard InChI is InChI=1S/C13H19NO2/c1-2-6-14-11-7-9-4-3-5-12(15)10(9)8-13(11)16/h3-5,11,13-16H,2,6-8H2,1H3. The van der Waals surface area contributed by atoms with Crippen molar-refractivity contribution in [2.45, 2.75) is 38.3 Å². The van der Waals surface area contributed by atoms with Crippen molar-refractivity contribution in [1.29, 1.82) is 0 Å². The van der Waals surface area contributed by atoms with E-state index in [9.17, 15) is 10.2 Å². The van der Waals surface area contributed by atoms with Crippen molar-refractivity contribution in [2.75, 3.05) is 6.54 Å². The fourth-order valence-corrected chi connectivity index (χ4v) is 2.31. The molecule has 88 valence electrons. The SMILES string of the molecule is CCCNC1Cc2cccc(O)c2CC1O. The second-order valence-corrected chi connectivity index (χ2v) is 4.45. The number of fused-ring (bicyclic) bond motifs is 1. The number of nitrogens with one attached hydrogen (secondary N) is 1. The summed E-state index contributed by atoms with van der Waals surface area (Å²) in [5.41, 5.74) is 2.06. The first-order valence-electron chi connectivity index (χ1n) is 5.93. The van der Waals surface area contributed by atoms with E-state index in [1.807, 2.05) is 12.1 Å². The molecule has 0 aliphatic heterocycles. The van der Waals surface area contributed by atoms with Gasteiger partial charge in [0.25, 0.3) is 0 Å². The Bertz CT molecular complexity index is 365. The summed E-state index contributed by atoms with van der Waals surface area (Å²) in [6.45, 7) is 3.04. The number of rotatable bonds is 3. The van der Waals surface area contributed by atoms with Crippen LogP contribution in [0, 0.1) is 0 Å². The van der Waals surface area contributed by atoms with Crippen molar-refractivity contribution >= 4 is 0 Å². The third-order valence-electron chi connectivity index (χ3n) is 3.22. The van der Waals surface area contributed by atoms with Gasteiger partial charge in [-0.15, -0.1) is 0 Å². The molecular formula is C13H19NO2. The average molecular weight is 221 g/mol. The summed E-state index contributed by atoms with van der Waals surface area (Å²) in [7, 11) is 0. The van der Waals surface area contributed by atoms with Crippen LogP contribution in [-0.2, 0) is 12.8 Å². The number of hydrogen-bond acceptors (Lipinski definition) is 3. The molecule has 0 radical (unpaired) electrons. The first kappa shape index (κ1) is 11.4. The Labute approximate surface area is 96.1 Å². The van der Waals surface area contributed by atoms with Gasteiger partial charge in [0.15, 0.2) is 0 Å². The summed E-state index contributed by atoms with van der Waals surface area (Å²) in [4.78, 5) is 0. The summed E-state index contributed by atoms with van der Waals surface area (Å²) in [6, 6.07) is 5.70. The maximum atomic E-state index is 9.99. The van der Waals surface area contributed by atoms with Gasteiger partial charge in [-0.2, -0.15) is 0 Å². The lowest BCUT2D eigenvalue weighted by Crippen LogP contribution is -2.45. The largest absolute Gasteiger partial charge is 0.508 e. The van der Waals surface area contributed by atoms with Crippen LogP contribution in [0.25, 0.3) is 0 Å². The number of benzene rings is 1. The van der Waals surface area contributed by atoms with E-state index in [-0.39, 0.29) is 6.04 Å². The maximum Gasteiger partial charge on any atom is 0.119 e. The third-order valence-corrected chi connectivity index (χ3v) is 3.22. The molecule has 0 fully saturated rings. The van der Waals surface area contributed by atoms with Crippen LogP contribution in [0.1, 0.15) is 24.5 Å². The highest BCUT2D eigenvalue weighted by Gasteiger charge is 2.27. The first-order valence-corrected chi connectivity index (χ1v) is 5.93. The van der Waals surface area contributed by atoms with Crippen LogP contribution in [0.4, 0.5) is 0 Å². The number of aromatic hydroxyl groups is 1. The number of phenolic OH excluding ortho intramolecular Hbond substituents is 1. The van der Waals surface area contributed by atoms with Crippen molar-refractivity contribution in [3.63, 3.8) is 0 Å². The fraction of sp³-hybridized carbons (Fsp3) is 0.538. The maximum absolute atomic E-state index is 9.99. The van der Waals surface area contributed by atoms with Crippen LogP contribution >= 0.6 is 0 Å². The van der Waals surface area contributed by atoms with Gasteiger partial charge in [0.05, 0.1) is 6.10 Å². The monoisotopic (exact) mass is 221 g/mol. The smallest absolute Gasteiger partial charge is 0.119 e. The molecule has 3 nitrogen and oxygen atoms in total. The van der Waals surface area contributed by atoms with Gasteiger partial charge in [0, 0.05) is 12.5 Å². The predicted octanol–water partition coefficient (Wildman–Crippen LogP) is 1.22. The molecule has 0 aromatic heterocycles. The van der Waals surface area contributed by atoms with Gasteiger partial charge >= 0.3 is 0 Å². The fourth-order valence-electron chi connectivity index (χ4n) is 2.31. The molecule has 3 heteroatoms. The van der Waals surface area contributed by atoms with E-state index in [0.29, 0.717) is 12.2 Å². The Morgan fingerprint density at radius 3 is 2.94 bits per heavy atom. The van der Waals surface area contributed by atoms with Gasteiger partial charge in [0.1, 0.15) is 5.75 Å².